The first-order chi connectivity index (χ1) is 12.5. The zero-order valence-electron chi connectivity index (χ0n) is 14.6. The molecule has 3 rings (SSSR count). The number of hydrogen-bond donors (Lipinski definition) is 0. The van der Waals surface area contributed by atoms with Crippen molar-refractivity contribution in [3.05, 3.63) is 59.0 Å². The van der Waals surface area contributed by atoms with E-state index in [4.69, 9.17) is 16.9 Å². The lowest BCUT2D eigenvalue weighted by atomic mass is 10.2. The number of nitriles is 1. The van der Waals surface area contributed by atoms with E-state index in [-0.39, 0.29) is 6.04 Å². The van der Waals surface area contributed by atoms with Crippen molar-refractivity contribution in [3.63, 3.8) is 0 Å². The summed E-state index contributed by atoms with van der Waals surface area (Å²) in [7, 11) is 4.00. The zero-order valence-corrected chi connectivity index (χ0v) is 16.2. The SMILES string of the molecule is CC(c1nnc(Sc2ccc(C#N)cn2)n1-c1ccc(Cl)cc1)N(C)C. The maximum atomic E-state index is 8.91. The Kier molecular flexibility index (Phi) is 5.57. The van der Waals surface area contributed by atoms with Crippen molar-refractivity contribution in [3.8, 4) is 11.8 Å². The van der Waals surface area contributed by atoms with Gasteiger partial charge in [-0.1, -0.05) is 11.6 Å². The quantitative estimate of drug-likeness (QED) is 0.663. The Morgan fingerprint density at radius 3 is 2.46 bits per heavy atom. The molecule has 1 atom stereocenters. The van der Waals surface area contributed by atoms with Crippen LogP contribution in [0.4, 0.5) is 0 Å². The van der Waals surface area contributed by atoms with Crippen LogP contribution >= 0.6 is 23.4 Å². The van der Waals surface area contributed by atoms with E-state index in [0.717, 1.165) is 16.5 Å². The number of pyridine rings is 1. The molecule has 132 valence electrons. The van der Waals surface area contributed by atoms with E-state index in [2.05, 4.69) is 33.1 Å². The molecule has 0 bridgehead atoms. The molecule has 1 aromatic carbocycles. The zero-order chi connectivity index (χ0) is 18.7. The van der Waals surface area contributed by atoms with Crippen LogP contribution in [0.3, 0.4) is 0 Å². The van der Waals surface area contributed by atoms with Crippen LogP contribution in [0.1, 0.15) is 24.4 Å². The van der Waals surface area contributed by atoms with E-state index >= 15 is 0 Å². The highest BCUT2D eigenvalue weighted by Crippen LogP contribution is 2.30. The highest BCUT2D eigenvalue weighted by molar-refractivity contribution is 7.99. The third-order valence-electron chi connectivity index (χ3n) is 3.95. The summed E-state index contributed by atoms with van der Waals surface area (Å²) in [5.74, 6) is 0.827. The van der Waals surface area contributed by atoms with Crippen molar-refractivity contribution in [1.82, 2.24) is 24.6 Å². The molecule has 8 heteroatoms. The molecule has 0 aliphatic heterocycles. The number of halogens is 1. The van der Waals surface area contributed by atoms with Gasteiger partial charge in [-0.25, -0.2) is 4.98 Å². The Hall–Kier alpha value is -2.40. The van der Waals surface area contributed by atoms with Gasteiger partial charge in [-0.2, -0.15) is 5.26 Å². The number of hydrogen-bond acceptors (Lipinski definition) is 6. The monoisotopic (exact) mass is 384 g/mol. The van der Waals surface area contributed by atoms with E-state index in [0.29, 0.717) is 15.7 Å². The van der Waals surface area contributed by atoms with Crippen LogP contribution in [0.5, 0.6) is 0 Å². The van der Waals surface area contributed by atoms with Gasteiger partial charge >= 0.3 is 0 Å². The average molecular weight is 385 g/mol. The van der Waals surface area contributed by atoms with E-state index < -0.39 is 0 Å². The Bertz CT molecular complexity index is 928. The lowest BCUT2D eigenvalue weighted by Gasteiger charge is -2.20. The number of aromatic nitrogens is 4. The Morgan fingerprint density at radius 1 is 1.15 bits per heavy atom. The summed E-state index contributed by atoms with van der Waals surface area (Å²) in [4.78, 5) is 6.38. The van der Waals surface area contributed by atoms with Gasteiger partial charge in [0.15, 0.2) is 5.82 Å². The summed E-state index contributed by atoms with van der Waals surface area (Å²) >= 11 is 7.43. The fourth-order valence-corrected chi connectivity index (χ4v) is 3.21. The minimum atomic E-state index is 0.0708. The van der Waals surface area contributed by atoms with Gasteiger partial charge in [-0.3, -0.25) is 9.47 Å². The van der Waals surface area contributed by atoms with Gasteiger partial charge in [0.1, 0.15) is 11.1 Å². The lowest BCUT2D eigenvalue weighted by Crippen LogP contribution is -2.20. The van der Waals surface area contributed by atoms with Gasteiger partial charge in [-0.05, 0) is 69.2 Å². The van der Waals surface area contributed by atoms with Crippen molar-refractivity contribution < 1.29 is 0 Å². The molecule has 0 fully saturated rings. The first kappa shape index (κ1) is 18.4. The summed E-state index contributed by atoms with van der Waals surface area (Å²) in [6, 6.07) is 13.2. The predicted octanol–water partition coefficient (Wildman–Crippen LogP) is 3.96. The first-order valence-corrected chi connectivity index (χ1v) is 9.10. The standard InChI is InChI=1S/C18H17ClN6S/c1-12(24(2)3)17-22-23-18(25(17)15-7-5-14(19)6-8-15)26-16-9-4-13(10-20)11-21-16/h4-9,11-12H,1-3H3. The molecule has 0 radical (unpaired) electrons. The molecule has 26 heavy (non-hydrogen) atoms. The molecule has 0 saturated carbocycles. The minimum Gasteiger partial charge on any atom is -0.300 e. The summed E-state index contributed by atoms with van der Waals surface area (Å²) in [6.07, 6.45) is 1.55. The second-order valence-corrected chi connectivity index (χ2v) is 7.32. The lowest BCUT2D eigenvalue weighted by molar-refractivity contribution is 0.305. The van der Waals surface area contributed by atoms with Gasteiger partial charge in [0.2, 0.25) is 5.16 Å². The van der Waals surface area contributed by atoms with E-state index in [1.807, 2.05) is 42.9 Å². The molecular formula is C18H17ClN6S. The summed E-state index contributed by atoms with van der Waals surface area (Å²) in [5.41, 5.74) is 1.45. The normalized spacial score (nSPS) is 12.2. The number of benzene rings is 1. The maximum absolute atomic E-state index is 8.91. The molecule has 6 nitrogen and oxygen atoms in total. The molecule has 2 aromatic heterocycles. The highest BCUT2D eigenvalue weighted by Gasteiger charge is 2.21. The van der Waals surface area contributed by atoms with Crippen molar-refractivity contribution in [2.45, 2.75) is 23.1 Å². The van der Waals surface area contributed by atoms with E-state index in [1.165, 1.54) is 11.8 Å². The third-order valence-corrected chi connectivity index (χ3v) is 5.10. The Balaban J connectivity index is 2.04. The predicted molar refractivity (Wildman–Crippen MR) is 102 cm³/mol. The van der Waals surface area contributed by atoms with E-state index in [9.17, 15) is 0 Å². The smallest absolute Gasteiger partial charge is 0.202 e. The molecular weight excluding hydrogens is 368 g/mol. The fraction of sp³-hybridized carbons (Fsp3) is 0.222. The Morgan fingerprint density at radius 2 is 1.88 bits per heavy atom. The van der Waals surface area contributed by atoms with Gasteiger partial charge < -0.3 is 0 Å². The summed E-state index contributed by atoms with van der Waals surface area (Å²) in [5, 5.41) is 19.8. The molecule has 0 aliphatic carbocycles. The largest absolute Gasteiger partial charge is 0.300 e. The third kappa shape index (κ3) is 3.88. The second-order valence-electron chi connectivity index (χ2n) is 5.89. The summed E-state index contributed by atoms with van der Waals surface area (Å²) in [6.45, 7) is 2.07. The molecule has 2 heterocycles. The average Bonchev–Trinajstić information content (AvgIpc) is 3.05. The van der Waals surface area contributed by atoms with Crippen molar-refractivity contribution >= 4 is 23.4 Å². The summed E-state index contributed by atoms with van der Waals surface area (Å²) < 4.78 is 2.01. The van der Waals surface area contributed by atoms with Crippen LogP contribution in [0.15, 0.2) is 52.8 Å². The van der Waals surface area contributed by atoms with Crippen LogP contribution in [-0.4, -0.2) is 38.7 Å². The molecule has 0 saturated heterocycles. The fourth-order valence-electron chi connectivity index (χ4n) is 2.28. The number of rotatable bonds is 5. The molecule has 0 amide bonds. The topological polar surface area (TPSA) is 70.6 Å². The molecule has 0 aliphatic rings. The van der Waals surface area contributed by atoms with Crippen molar-refractivity contribution in [1.29, 1.82) is 5.26 Å². The van der Waals surface area contributed by atoms with Crippen LogP contribution in [0.2, 0.25) is 5.02 Å². The molecule has 3 aromatic rings. The van der Waals surface area contributed by atoms with Crippen molar-refractivity contribution in [2.75, 3.05) is 14.1 Å². The van der Waals surface area contributed by atoms with Crippen molar-refractivity contribution in [2.24, 2.45) is 0 Å². The second kappa shape index (κ2) is 7.87. The van der Waals surface area contributed by atoms with Crippen LogP contribution < -0.4 is 0 Å². The number of nitrogens with zero attached hydrogens (tertiary/aromatic N) is 6. The minimum absolute atomic E-state index is 0.0708. The van der Waals surface area contributed by atoms with Crippen LogP contribution in [0, 0.1) is 11.3 Å². The maximum Gasteiger partial charge on any atom is 0.202 e. The van der Waals surface area contributed by atoms with Gasteiger partial charge in [0.05, 0.1) is 11.6 Å². The van der Waals surface area contributed by atoms with Gasteiger partial charge in [0.25, 0.3) is 0 Å². The molecule has 0 N–H and O–H groups in total. The van der Waals surface area contributed by atoms with Gasteiger partial charge in [-0.15, -0.1) is 10.2 Å². The Labute approximate surface area is 161 Å². The van der Waals surface area contributed by atoms with Crippen LogP contribution in [0.25, 0.3) is 5.69 Å². The van der Waals surface area contributed by atoms with Gasteiger partial charge in [0, 0.05) is 16.9 Å². The van der Waals surface area contributed by atoms with Crippen LogP contribution in [-0.2, 0) is 0 Å². The highest BCUT2D eigenvalue weighted by atomic mass is 35.5. The molecule has 1 unspecified atom stereocenters. The first-order valence-electron chi connectivity index (χ1n) is 7.91. The molecule has 0 spiro atoms. The van der Waals surface area contributed by atoms with E-state index in [1.54, 1.807) is 18.3 Å².